The molecule has 2 saturated heterocycles. The number of nitrogens with one attached hydrogen (secondary N) is 1. The van der Waals surface area contributed by atoms with Crippen molar-refractivity contribution in [2.45, 2.75) is 25.3 Å². The Morgan fingerprint density at radius 2 is 1.79 bits per heavy atom. The van der Waals surface area contributed by atoms with Gasteiger partial charge in [0.05, 0.1) is 6.04 Å². The maximum Gasteiger partial charge on any atom is 0.254 e. The zero-order valence-corrected chi connectivity index (χ0v) is 15.1. The molecule has 0 aromatic heterocycles. The van der Waals surface area contributed by atoms with Crippen LogP contribution in [0, 0.1) is 0 Å². The molecule has 1 aromatic carbocycles. The van der Waals surface area contributed by atoms with E-state index in [4.69, 9.17) is 11.6 Å². The fourth-order valence-corrected chi connectivity index (χ4v) is 3.41. The predicted molar refractivity (Wildman–Crippen MR) is 96.8 cm³/mol. The smallest absolute Gasteiger partial charge is 0.254 e. The molecular weight excluding hydrogens is 349 g/mol. The van der Waals surface area contributed by atoms with E-state index in [-0.39, 0.29) is 30.3 Å². The lowest BCUT2D eigenvalue weighted by atomic mass is 10.0. The third-order valence-electron chi connectivity index (χ3n) is 4.56. The molecule has 2 heterocycles. The second-order valence-corrected chi connectivity index (χ2v) is 6.57. The lowest BCUT2D eigenvalue weighted by molar-refractivity contribution is -0.135. The number of benzene rings is 1. The first-order valence-corrected chi connectivity index (χ1v) is 8.60. The minimum atomic E-state index is -0.0427. The van der Waals surface area contributed by atoms with Crippen LogP contribution < -0.4 is 5.32 Å². The number of hydrogen-bond donors (Lipinski definition) is 1. The lowest BCUT2D eigenvalue weighted by Gasteiger charge is -2.37. The highest BCUT2D eigenvalue weighted by Crippen LogP contribution is 2.15. The average molecular weight is 372 g/mol. The number of halogens is 2. The van der Waals surface area contributed by atoms with Gasteiger partial charge in [-0.3, -0.25) is 9.59 Å². The molecule has 0 radical (unpaired) electrons. The first kappa shape index (κ1) is 19.0. The number of piperazine rings is 1. The van der Waals surface area contributed by atoms with Crippen LogP contribution in [0.2, 0.25) is 5.02 Å². The van der Waals surface area contributed by atoms with Crippen LogP contribution >= 0.6 is 24.0 Å². The van der Waals surface area contributed by atoms with Gasteiger partial charge in [-0.05, 0) is 37.6 Å². The summed E-state index contributed by atoms with van der Waals surface area (Å²) in [7, 11) is 0. The lowest BCUT2D eigenvalue weighted by Crippen LogP contribution is -2.55. The molecule has 132 valence electrons. The van der Waals surface area contributed by atoms with Gasteiger partial charge in [-0.2, -0.15) is 0 Å². The van der Waals surface area contributed by atoms with Crippen LogP contribution in [0.1, 0.15) is 29.6 Å². The van der Waals surface area contributed by atoms with Crippen LogP contribution in [0.4, 0.5) is 0 Å². The third kappa shape index (κ3) is 4.41. The molecule has 0 spiro atoms. The molecule has 2 aliphatic rings. The largest absolute Gasteiger partial charge is 0.338 e. The Labute approximate surface area is 153 Å². The topological polar surface area (TPSA) is 52.7 Å². The summed E-state index contributed by atoms with van der Waals surface area (Å²) in [4.78, 5) is 28.6. The molecule has 5 nitrogen and oxygen atoms in total. The fourth-order valence-electron chi connectivity index (χ4n) is 3.22. The van der Waals surface area contributed by atoms with Crippen LogP contribution in [-0.4, -0.2) is 60.4 Å². The Morgan fingerprint density at radius 3 is 2.42 bits per heavy atom. The molecule has 1 atom stereocenters. The van der Waals surface area contributed by atoms with Crippen molar-refractivity contribution in [3.05, 3.63) is 34.9 Å². The number of rotatable bonds is 2. The minimum absolute atomic E-state index is 0. The number of carbonyl (C=O) groups is 2. The first-order chi connectivity index (χ1) is 11.1. The van der Waals surface area contributed by atoms with Gasteiger partial charge in [-0.15, -0.1) is 12.4 Å². The van der Waals surface area contributed by atoms with Gasteiger partial charge < -0.3 is 15.1 Å². The zero-order valence-electron chi connectivity index (χ0n) is 13.5. The van der Waals surface area contributed by atoms with Gasteiger partial charge in [-0.25, -0.2) is 0 Å². The standard InChI is InChI=1S/C17H22ClN3O2.ClH/c18-14-5-3-4-13(12-14)16(22)20-8-10-21(11-9-20)17(23)15-6-1-2-7-19-15;/h3-5,12,15,19H,1-2,6-11H2;1H. The summed E-state index contributed by atoms with van der Waals surface area (Å²) in [5.41, 5.74) is 0.603. The summed E-state index contributed by atoms with van der Waals surface area (Å²) in [6.07, 6.45) is 3.17. The van der Waals surface area contributed by atoms with Crippen molar-refractivity contribution < 1.29 is 9.59 Å². The van der Waals surface area contributed by atoms with Crippen molar-refractivity contribution in [2.75, 3.05) is 32.7 Å². The summed E-state index contributed by atoms with van der Waals surface area (Å²) in [5, 5.41) is 3.86. The molecule has 1 N–H and O–H groups in total. The van der Waals surface area contributed by atoms with Gasteiger partial charge in [0.1, 0.15) is 0 Å². The van der Waals surface area contributed by atoms with E-state index in [1.165, 1.54) is 0 Å². The summed E-state index contributed by atoms with van der Waals surface area (Å²) in [6, 6.07) is 6.96. The summed E-state index contributed by atoms with van der Waals surface area (Å²) in [6.45, 7) is 3.27. The fraction of sp³-hybridized carbons (Fsp3) is 0.529. The summed E-state index contributed by atoms with van der Waals surface area (Å²) >= 11 is 5.95. The Balaban J connectivity index is 0.00000208. The van der Waals surface area contributed by atoms with Crippen molar-refractivity contribution >= 4 is 35.8 Å². The van der Waals surface area contributed by atoms with Gasteiger partial charge in [0.25, 0.3) is 5.91 Å². The summed E-state index contributed by atoms with van der Waals surface area (Å²) in [5.74, 6) is 0.162. The van der Waals surface area contributed by atoms with Crippen LogP contribution in [-0.2, 0) is 4.79 Å². The van der Waals surface area contributed by atoms with Crippen molar-refractivity contribution in [3.8, 4) is 0 Å². The van der Waals surface area contributed by atoms with Gasteiger partial charge in [0.15, 0.2) is 0 Å². The Morgan fingerprint density at radius 1 is 1.08 bits per heavy atom. The van der Waals surface area contributed by atoms with E-state index in [0.717, 1.165) is 25.8 Å². The monoisotopic (exact) mass is 371 g/mol. The Kier molecular flexibility index (Phi) is 6.90. The van der Waals surface area contributed by atoms with Crippen LogP contribution in [0.5, 0.6) is 0 Å². The Bertz CT molecular complexity index is 583. The quantitative estimate of drug-likeness (QED) is 0.866. The molecule has 7 heteroatoms. The molecule has 1 aromatic rings. The molecule has 2 fully saturated rings. The normalized spacial score (nSPS) is 21.1. The summed E-state index contributed by atoms with van der Waals surface area (Å²) < 4.78 is 0. The van der Waals surface area contributed by atoms with Crippen LogP contribution in [0.3, 0.4) is 0 Å². The number of hydrogen-bond acceptors (Lipinski definition) is 3. The van der Waals surface area contributed by atoms with Gasteiger partial charge in [0, 0.05) is 36.8 Å². The van der Waals surface area contributed by atoms with E-state index in [0.29, 0.717) is 36.8 Å². The van der Waals surface area contributed by atoms with E-state index < -0.39 is 0 Å². The third-order valence-corrected chi connectivity index (χ3v) is 4.79. The molecule has 0 aliphatic carbocycles. The van der Waals surface area contributed by atoms with E-state index in [2.05, 4.69) is 5.32 Å². The number of piperidine rings is 1. The Hall–Kier alpha value is -1.30. The molecule has 2 amide bonds. The van der Waals surface area contributed by atoms with Crippen LogP contribution in [0.15, 0.2) is 24.3 Å². The van der Waals surface area contributed by atoms with Crippen molar-refractivity contribution in [2.24, 2.45) is 0 Å². The molecule has 0 bridgehead atoms. The van der Waals surface area contributed by atoms with Gasteiger partial charge in [-0.1, -0.05) is 24.1 Å². The second kappa shape index (κ2) is 8.70. The highest BCUT2D eigenvalue weighted by Gasteiger charge is 2.29. The van der Waals surface area contributed by atoms with Crippen LogP contribution in [0.25, 0.3) is 0 Å². The van der Waals surface area contributed by atoms with E-state index in [9.17, 15) is 9.59 Å². The van der Waals surface area contributed by atoms with Gasteiger partial charge >= 0.3 is 0 Å². The highest BCUT2D eigenvalue weighted by molar-refractivity contribution is 6.30. The van der Waals surface area contributed by atoms with Crippen molar-refractivity contribution in [1.29, 1.82) is 0 Å². The second-order valence-electron chi connectivity index (χ2n) is 6.13. The molecule has 24 heavy (non-hydrogen) atoms. The van der Waals surface area contributed by atoms with E-state index in [1.54, 1.807) is 29.2 Å². The average Bonchev–Trinajstić information content (AvgIpc) is 2.61. The number of nitrogens with zero attached hydrogens (tertiary/aromatic N) is 2. The molecular formula is C17H23Cl2N3O2. The van der Waals surface area contributed by atoms with Crippen molar-refractivity contribution in [3.63, 3.8) is 0 Å². The first-order valence-electron chi connectivity index (χ1n) is 8.22. The highest BCUT2D eigenvalue weighted by atomic mass is 35.5. The molecule has 3 rings (SSSR count). The maximum absolute atomic E-state index is 12.5. The predicted octanol–water partition coefficient (Wildman–Crippen LogP) is 2.19. The number of carbonyl (C=O) groups excluding carboxylic acids is 2. The molecule has 2 aliphatic heterocycles. The maximum atomic E-state index is 12.5. The van der Waals surface area contributed by atoms with E-state index in [1.807, 2.05) is 4.90 Å². The SMILES string of the molecule is Cl.O=C(c1cccc(Cl)c1)N1CCN(C(=O)C2CCCCN2)CC1. The van der Waals surface area contributed by atoms with E-state index >= 15 is 0 Å². The minimum Gasteiger partial charge on any atom is -0.338 e. The van der Waals surface area contributed by atoms with Gasteiger partial charge in [0.2, 0.25) is 5.91 Å². The molecule has 0 saturated carbocycles. The van der Waals surface area contributed by atoms with Crippen molar-refractivity contribution in [1.82, 2.24) is 15.1 Å². The zero-order chi connectivity index (χ0) is 16.2. The number of amides is 2. The molecule has 1 unspecified atom stereocenters.